The Morgan fingerprint density at radius 3 is 2.94 bits per heavy atom. The van der Waals surface area contributed by atoms with Gasteiger partial charge in [0, 0.05) is 26.4 Å². The molecular formula is C11H13BrClN3O. The van der Waals surface area contributed by atoms with Gasteiger partial charge in [0.2, 0.25) is 0 Å². The fourth-order valence-electron chi connectivity index (χ4n) is 1.35. The summed E-state index contributed by atoms with van der Waals surface area (Å²) >= 11 is 9.26. The molecule has 0 aliphatic heterocycles. The van der Waals surface area contributed by atoms with Crippen molar-refractivity contribution >= 4 is 33.3 Å². The van der Waals surface area contributed by atoms with E-state index in [1.165, 1.54) is 0 Å². The first-order chi connectivity index (χ1) is 8.19. The molecule has 6 heteroatoms. The summed E-state index contributed by atoms with van der Waals surface area (Å²) in [4.78, 5) is 6.26. The first-order valence-electron chi connectivity index (χ1n) is 5.11. The lowest BCUT2D eigenvalue weighted by Gasteiger charge is -2.23. The number of hydrogen-bond acceptors (Lipinski definition) is 4. The second-order valence-corrected chi connectivity index (χ2v) is 4.64. The second kappa shape index (κ2) is 7.49. The molecule has 0 N–H and O–H groups in total. The molecule has 0 aromatic carbocycles. The number of ether oxygens (including phenoxy) is 1. The average molecular weight is 319 g/mol. The number of halogens is 2. The quantitative estimate of drug-likeness (QED) is 0.809. The number of nitriles is 1. The van der Waals surface area contributed by atoms with E-state index in [4.69, 9.17) is 21.6 Å². The topological polar surface area (TPSA) is 49.1 Å². The number of anilines is 1. The summed E-state index contributed by atoms with van der Waals surface area (Å²) in [6, 6.07) is 3.91. The number of methoxy groups -OCH3 is 1. The maximum Gasteiger partial charge on any atom is 0.143 e. The summed E-state index contributed by atoms with van der Waals surface area (Å²) in [7, 11) is 1.65. The lowest BCUT2D eigenvalue weighted by molar-refractivity contribution is 0.205. The Kier molecular flexibility index (Phi) is 6.27. The van der Waals surface area contributed by atoms with Gasteiger partial charge in [-0.15, -0.1) is 0 Å². The highest BCUT2D eigenvalue weighted by Crippen LogP contribution is 2.26. The Bertz CT molecular complexity index is 408. The molecule has 0 unspecified atom stereocenters. The van der Waals surface area contributed by atoms with Crippen molar-refractivity contribution in [2.75, 3.05) is 31.7 Å². The molecule has 0 amide bonds. The van der Waals surface area contributed by atoms with E-state index in [-0.39, 0.29) is 0 Å². The third-order valence-electron chi connectivity index (χ3n) is 2.15. The van der Waals surface area contributed by atoms with Crippen LogP contribution in [0.3, 0.4) is 0 Å². The van der Waals surface area contributed by atoms with E-state index in [0.717, 1.165) is 10.3 Å². The maximum atomic E-state index is 8.64. The van der Waals surface area contributed by atoms with Crippen LogP contribution >= 0.6 is 27.5 Å². The second-order valence-electron chi connectivity index (χ2n) is 3.35. The highest BCUT2D eigenvalue weighted by atomic mass is 79.9. The zero-order chi connectivity index (χ0) is 12.7. The first kappa shape index (κ1) is 14.2. The molecule has 17 heavy (non-hydrogen) atoms. The van der Waals surface area contributed by atoms with Gasteiger partial charge in [-0.3, -0.25) is 0 Å². The maximum absolute atomic E-state index is 8.64. The number of aromatic nitrogens is 1. The minimum Gasteiger partial charge on any atom is -0.383 e. The van der Waals surface area contributed by atoms with Crippen molar-refractivity contribution < 1.29 is 4.74 Å². The summed E-state index contributed by atoms with van der Waals surface area (Å²) in [6.45, 7) is 1.89. The minimum atomic E-state index is 0.445. The average Bonchev–Trinajstić information content (AvgIpc) is 2.30. The van der Waals surface area contributed by atoms with E-state index in [1.54, 1.807) is 19.4 Å². The number of nitrogens with zero attached hydrogens (tertiary/aromatic N) is 3. The van der Waals surface area contributed by atoms with Crippen LogP contribution < -0.4 is 4.90 Å². The van der Waals surface area contributed by atoms with E-state index in [0.29, 0.717) is 31.1 Å². The summed E-state index contributed by atoms with van der Waals surface area (Å²) in [6.07, 6.45) is 2.04. The smallest absolute Gasteiger partial charge is 0.143 e. The SMILES string of the molecule is COCCN(CCC#N)c1ncc(Cl)cc1Br. The molecule has 1 heterocycles. The summed E-state index contributed by atoms with van der Waals surface area (Å²) in [5, 5.41) is 9.22. The number of pyridine rings is 1. The molecular weight excluding hydrogens is 305 g/mol. The Morgan fingerprint density at radius 1 is 1.59 bits per heavy atom. The lowest BCUT2D eigenvalue weighted by Crippen LogP contribution is -2.29. The fourth-order valence-corrected chi connectivity index (χ4v) is 2.24. The van der Waals surface area contributed by atoms with Gasteiger partial charge in [0.1, 0.15) is 5.82 Å². The van der Waals surface area contributed by atoms with Gasteiger partial charge in [0.15, 0.2) is 0 Å². The zero-order valence-electron chi connectivity index (χ0n) is 9.49. The molecule has 0 saturated heterocycles. The highest BCUT2D eigenvalue weighted by Gasteiger charge is 2.11. The molecule has 1 rings (SSSR count). The van der Waals surface area contributed by atoms with Crippen molar-refractivity contribution in [3.63, 3.8) is 0 Å². The van der Waals surface area contributed by atoms with Gasteiger partial charge in [-0.05, 0) is 22.0 Å². The molecule has 0 spiro atoms. The molecule has 1 aromatic heterocycles. The van der Waals surface area contributed by atoms with E-state index in [1.807, 2.05) is 4.90 Å². The van der Waals surface area contributed by atoms with Crippen molar-refractivity contribution in [1.29, 1.82) is 5.26 Å². The molecule has 0 bridgehead atoms. The molecule has 4 nitrogen and oxygen atoms in total. The van der Waals surface area contributed by atoms with E-state index < -0.39 is 0 Å². The van der Waals surface area contributed by atoms with Gasteiger partial charge in [0.25, 0.3) is 0 Å². The Hall–Kier alpha value is -0.830. The van der Waals surface area contributed by atoms with E-state index in [2.05, 4.69) is 27.0 Å². The van der Waals surface area contributed by atoms with Crippen LogP contribution in [-0.4, -0.2) is 31.8 Å². The Labute approximate surface area is 114 Å². The first-order valence-corrected chi connectivity index (χ1v) is 6.28. The van der Waals surface area contributed by atoms with E-state index >= 15 is 0 Å². The fraction of sp³-hybridized carbons (Fsp3) is 0.455. The summed E-state index contributed by atoms with van der Waals surface area (Å²) in [5.41, 5.74) is 0. The molecule has 0 saturated carbocycles. The van der Waals surface area contributed by atoms with Crippen LogP contribution in [0, 0.1) is 11.3 Å². The van der Waals surface area contributed by atoms with Crippen molar-refractivity contribution in [2.24, 2.45) is 0 Å². The van der Waals surface area contributed by atoms with Crippen LogP contribution in [0.5, 0.6) is 0 Å². The van der Waals surface area contributed by atoms with Crippen LogP contribution in [-0.2, 0) is 4.74 Å². The van der Waals surface area contributed by atoms with Gasteiger partial charge >= 0.3 is 0 Å². The monoisotopic (exact) mass is 317 g/mol. The van der Waals surface area contributed by atoms with Crippen LogP contribution in [0.15, 0.2) is 16.7 Å². The van der Waals surface area contributed by atoms with Gasteiger partial charge in [-0.1, -0.05) is 11.6 Å². The van der Waals surface area contributed by atoms with Crippen molar-refractivity contribution in [3.05, 3.63) is 21.8 Å². The van der Waals surface area contributed by atoms with Crippen molar-refractivity contribution in [2.45, 2.75) is 6.42 Å². The minimum absolute atomic E-state index is 0.445. The van der Waals surface area contributed by atoms with Gasteiger partial charge < -0.3 is 9.64 Å². The predicted octanol–water partition coefficient (Wildman–Crippen LogP) is 2.86. The lowest BCUT2D eigenvalue weighted by atomic mass is 10.3. The number of hydrogen-bond donors (Lipinski definition) is 0. The predicted molar refractivity (Wildman–Crippen MR) is 71.3 cm³/mol. The van der Waals surface area contributed by atoms with Crippen LogP contribution in [0.1, 0.15) is 6.42 Å². The zero-order valence-corrected chi connectivity index (χ0v) is 11.8. The molecule has 0 aliphatic carbocycles. The molecule has 0 fully saturated rings. The molecule has 1 aromatic rings. The van der Waals surface area contributed by atoms with Gasteiger partial charge in [0.05, 0.1) is 28.6 Å². The van der Waals surface area contributed by atoms with Crippen LogP contribution in [0.4, 0.5) is 5.82 Å². The standard InChI is InChI=1S/C11H13BrClN3O/c1-17-6-5-16(4-2-3-14)11-10(12)7-9(13)8-15-11/h7-8H,2,4-6H2,1H3. The summed E-state index contributed by atoms with van der Waals surface area (Å²) in [5.74, 6) is 0.779. The van der Waals surface area contributed by atoms with Crippen LogP contribution in [0.2, 0.25) is 5.02 Å². The summed E-state index contributed by atoms with van der Waals surface area (Å²) < 4.78 is 5.86. The van der Waals surface area contributed by atoms with E-state index in [9.17, 15) is 0 Å². The molecule has 92 valence electrons. The Balaban J connectivity index is 2.83. The number of rotatable bonds is 6. The third kappa shape index (κ3) is 4.50. The van der Waals surface area contributed by atoms with Gasteiger partial charge in [-0.25, -0.2) is 4.98 Å². The highest BCUT2D eigenvalue weighted by molar-refractivity contribution is 9.10. The third-order valence-corrected chi connectivity index (χ3v) is 2.94. The van der Waals surface area contributed by atoms with Gasteiger partial charge in [-0.2, -0.15) is 5.26 Å². The van der Waals surface area contributed by atoms with Crippen molar-refractivity contribution in [3.8, 4) is 6.07 Å². The molecule has 0 aliphatic rings. The molecule has 0 radical (unpaired) electrons. The normalized spacial score (nSPS) is 10.0. The largest absolute Gasteiger partial charge is 0.383 e. The van der Waals surface area contributed by atoms with Crippen LogP contribution in [0.25, 0.3) is 0 Å². The van der Waals surface area contributed by atoms with Crippen molar-refractivity contribution in [1.82, 2.24) is 4.98 Å². The Morgan fingerprint density at radius 2 is 2.35 bits per heavy atom. The molecule has 0 atom stereocenters.